The summed E-state index contributed by atoms with van der Waals surface area (Å²) in [5.74, 6) is -1.15. The van der Waals surface area contributed by atoms with Crippen LogP contribution < -0.4 is 10.8 Å². The van der Waals surface area contributed by atoms with Crippen LogP contribution in [-0.4, -0.2) is 49.0 Å². The number of ether oxygens (including phenoxy) is 1. The van der Waals surface area contributed by atoms with Gasteiger partial charge in [-0.15, -0.1) is 0 Å². The van der Waals surface area contributed by atoms with E-state index < -0.39 is 17.6 Å². The molecule has 3 unspecified atom stereocenters. The number of carbonyl (C=O) groups is 2. The monoisotopic (exact) mass is 365 g/mol. The molecule has 140 valence electrons. The number of hydrogen-bond acceptors (Lipinski definition) is 6. The molecular weight excluding hydrogens is 345 g/mol. The van der Waals surface area contributed by atoms with Crippen molar-refractivity contribution in [1.29, 1.82) is 0 Å². The van der Waals surface area contributed by atoms with Gasteiger partial charge in [-0.05, 0) is 19.1 Å². The van der Waals surface area contributed by atoms with Crippen LogP contribution in [0.5, 0.6) is 0 Å². The van der Waals surface area contributed by atoms with Gasteiger partial charge in [0.1, 0.15) is 11.9 Å². The Morgan fingerprint density at radius 3 is 2.96 bits per heavy atom. The van der Waals surface area contributed by atoms with Crippen LogP contribution in [0.3, 0.4) is 0 Å². The Hall–Kier alpha value is -2.52. The summed E-state index contributed by atoms with van der Waals surface area (Å²) in [5, 5.41) is 6.76. The van der Waals surface area contributed by atoms with Crippen LogP contribution in [0.2, 0.25) is 0 Å². The Kier molecular flexibility index (Phi) is 5.19. The van der Waals surface area contributed by atoms with Gasteiger partial charge in [0, 0.05) is 18.4 Å². The second kappa shape index (κ2) is 7.38. The first kappa shape index (κ1) is 18.3. The summed E-state index contributed by atoms with van der Waals surface area (Å²) < 4.78 is 18.7. The minimum atomic E-state index is -1.20. The quantitative estimate of drug-likeness (QED) is 0.747. The predicted octanol–water partition coefficient (Wildman–Crippen LogP) is 0.660. The summed E-state index contributed by atoms with van der Waals surface area (Å²) in [6, 6.07) is 5.63. The molecule has 2 amide bonds. The number of hydroxylamine groups is 1. The number of oxime groups is 1. The highest BCUT2D eigenvalue weighted by Gasteiger charge is 2.44. The van der Waals surface area contributed by atoms with E-state index in [2.05, 4.69) is 20.8 Å². The van der Waals surface area contributed by atoms with Gasteiger partial charge in [0.2, 0.25) is 5.60 Å². The summed E-state index contributed by atoms with van der Waals surface area (Å²) in [4.78, 5) is 34.2. The van der Waals surface area contributed by atoms with Crippen LogP contribution in [0, 0.1) is 5.82 Å². The molecule has 0 spiro atoms. The van der Waals surface area contributed by atoms with Crippen molar-refractivity contribution in [2.75, 3.05) is 13.7 Å². The fourth-order valence-corrected chi connectivity index (χ4v) is 2.90. The third-order valence-electron chi connectivity index (χ3n) is 4.33. The first-order chi connectivity index (χ1) is 12.4. The Morgan fingerprint density at radius 2 is 2.23 bits per heavy atom. The smallest absolute Gasteiger partial charge is 0.272 e. The van der Waals surface area contributed by atoms with E-state index in [1.165, 1.54) is 19.2 Å². The molecule has 3 atom stereocenters. The van der Waals surface area contributed by atoms with E-state index in [0.29, 0.717) is 17.7 Å². The van der Waals surface area contributed by atoms with Crippen molar-refractivity contribution in [3.8, 4) is 0 Å². The van der Waals surface area contributed by atoms with Crippen LogP contribution in [0.1, 0.15) is 25.3 Å². The highest BCUT2D eigenvalue weighted by molar-refractivity contribution is 6.05. The summed E-state index contributed by atoms with van der Waals surface area (Å²) in [6.45, 7) is 1.82. The molecule has 3 rings (SSSR count). The summed E-state index contributed by atoms with van der Waals surface area (Å²) in [7, 11) is 1.33. The Morgan fingerprint density at radius 1 is 1.42 bits per heavy atom. The molecular formula is C17H20FN3O5. The van der Waals surface area contributed by atoms with Crippen molar-refractivity contribution < 1.29 is 28.4 Å². The van der Waals surface area contributed by atoms with E-state index in [1.807, 2.05) is 0 Å². The van der Waals surface area contributed by atoms with E-state index >= 15 is 0 Å². The topological polar surface area (TPSA) is 98.3 Å². The highest BCUT2D eigenvalue weighted by Crippen LogP contribution is 2.27. The van der Waals surface area contributed by atoms with E-state index in [0.717, 1.165) is 0 Å². The zero-order valence-corrected chi connectivity index (χ0v) is 14.5. The van der Waals surface area contributed by atoms with Crippen LogP contribution in [-0.2, 0) is 24.0 Å². The van der Waals surface area contributed by atoms with Crippen molar-refractivity contribution in [1.82, 2.24) is 10.8 Å². The third-order valence-corrected chi connectivity index (χ3v) is 4.33. The highest BCUT2D eigenvalue weighted by atomic mass is 19.1. The number of rotatable bonds is 5. The molecule has 0 saturated carbocycles. The fourth-order valence-electron chi connectivity index (χ4n) is 2.90. The lowest BCUT2D eigenvalue weighted by molar-refractivity contribution is -0.142. The van der Waals surface area contributed by atoms with Gasteiger partial charge < -0.3 is 14.9 Å². The molecule has 8 nitrogen and oxygen atoms in total. The molecule has 9 heteroatoms. The lowest BCUT2D eigenvalue weighted by atomic mass is 9.94. The zero-order chi connectivity index (χ0) is 18.7. The van der Waals surface area contributed by atoms with Gasteiger partial charge in [0.25, 0.3) is 11.8 Å². The lowest BCUT2D eigenvalue weighted by Crippen LogP contribution is -2.49. The largest absolute Gasteiger partial charge is 0.379 e. The SMILES string of the molecule is CONC(=O)C1CC(NC(=O)C2(C)CC(c3cccc(F)c3)=NO2)CO1. The minimum Gasteiger partial charge on any atom is -0.379 e. The molecule has 2 aliphatic rings. The van der Waals surface area contributed by atoms with Crippen molar-refractivity contribution in [3.63, 3.8) is 0 Å². The van der Waals surface area contributed by atoms with Crippen LogP contribution >= 0.6 is 0 Å². The maximum Gasteiger partial charge on any atom is 0.272 e. The molecule has 0 aromatic heterocycles. The molecule has 2 N–H and O–H groups in total. The first-order valence-electron chi connectivity index (χ1n) is 8.17. The number of carbonyl (C=O) groups excluding carboxylic acids is 2. The van der Waals surface area contributed by atoms with Crippen LogP contribution in [0.4, 0.5) is 4.39 Å². The number of amides is 2. The average molecular weight is 365 g/mol. The predicted molar refractivity (Wildman–Crippen MR) is 88.5 cm³/mol. The second-order valence-corrected chi connectivity index (χ2v) is 6.45. The maximum absolute atomic E-state index is 13.4. The molecule has 2 heterocycles. The molecule has 0 aliphatic carbocycles. The Bertz CT molecular complexity index is 741. The van der Waals surface area contributed by atoms with E-state index in [1.54, 1.807) is 19.1 Å². The van der Waals surface area contributed by atoms with Crippen molar-refractivity contribution in [2.24, 2.45) is 5.16 Å². The standard InChI is InChI=1S/C17H20FN3O5/c1-17(8-13(20-26-17)10-4-3-5-11(18)6-10)16(23)19-12-7-14(25-9-12)15(22)21-24-2/h3-6,12,14H,7-9H2,1-2H3,(H,19,23)(H,21,22). The van der Waals surface area contributed by atoms with E-state index in [9.17, 15) is 14.0 Å². The first-order valence-corrected chi connectivity index (χ1v) is 8.17. The molecule has 1 aromatic carbocycles. The van der Waals surface area contributed by atoms with Gasteiger partial charge in [-0.3, -0.25) is 14.4 Å². The van der Waals surface area contributed by atoms with Crippen molar-refractivity contribution in [3.05, 3.63) is 35.6 Å². The fraction of sp³-hybridized carbons (Fsp3) is 0.471. The number of hydrogen-bond donors (Lipinski definition) is 2. The van der Waals surface area contributed by atoms with Crippen LogP contribution in [0.25, 0.3) is 0 Å². The molecule has 0 bridgehead atoms. The van der Waals surface area contributed by atoms with Crippen molar-refractivity contribution in [2.45, 2.75) is 37.5 Å². The summed E-state index contributed by atoms with van der Waals surface area (Å²) in [5.41, 5.74) is 2.08. The molecule has 1 fully saturated rings. The third kappa shape index (κ3) is 3.83. The molecule has 0 radical (unpaired) electrons. The van der Waals surface area contributed by atoms with Gasteiger partial charge in [0.05, 0.1) is 25.5 Å². The average Bonchev–Trinajstić information content (AvgIpc) is 3.23. The number of halogens is 1. The van der Waals surface area contributed by atoms with Gasteiger partial charge in [-0.2, -0.15) is 0 Å². The van der Waals surface area contributed by atoms with Gasteiger partial charge >= 0.3 is 0 Å². The van der Waals surface area contributed by atoms with E-state index in [4.69, 9.17) is 9.57 Å². The number of nitrogens with one attached hydrogen (secondary N) is 2. The van der Waals surface area contributed by atoms with Gasteiger partial charge in [-0.1, -0.05) is 17.3 Å². The summed E-state index contributed by atoms with van der Waals surface area (Å²) >= 11 is 0. The minimum absolute atomic E-state index is 0.210. The number of nitrogens with zero attached hydrogens (tertiary/aromatic N) is 1. The zero-order valence-electron chi connectivity index (χ0n) is 14.5. The Balaban J connectivity index is 1.57. The van der Waals surface area contributed by atoms with Gasteiger partial charge in [0.15, 0.2) is 0 Å². The lowest BCUT2D eigenvalue weighted by Gasteiger charge is -2.22. The second-order valence-electron chi connectivity index (χ2n) is 6.45. The Labute approximate surface area is 149 Å². The molecule has 1 aromatic rings. The van der Waals surface area contributed by atoms with E-state index in [-0.39, 0.29) is 30.8 Å². The number of benzene rings is 1. The summed E-state index contributed by atoms with van der Waals surface area (Å²) in [6.07, 6.45) is -0.144. The maximum atomic E-state index is 13.4. The molecule has 26 heavy (non-hydrogen) atoms. The molecule has 2 aliphatic heterocycles. The normalized spacial score (nSPS) is 27.6. The van der Waals surface area contributed by atoms with Gasteiger partial charge in [-0.25, -0.2) is 9.87 Å². The van der Waals surface area contributed by atoms with Crippen molar-refractivity contribution >= 4 is 17.5 Å². The molecule has 1 saturated heterocycles. The van der Waals surface area contributed by atoms with Crippen LogP contribution in [0.15, 0.2) is 29.4 Å².